The van der Waals surface area contributed by atoms with Crippen molar-refractivity contribution < 1.29 is 19.1 Å². The summed E-state index contributed by atoms with van der Waals surface area (Å²) in [5.41, 5.74) is 2.63. The van der Waals surface area contributed by atoms with Gasteiger partial charge < -0.3 is 19.9 Å². The highest BCUT2D eigenvalue weighted by molar-refractivity contribution is 7.99. The van der Waals surface area contributed by atoms with Crippen molar-refractivity contribution in [3.8, 4) is 0 Å². The third-order valence-corrected chi connectivity index (χ3v) is 6.00. The van der Waals surface area contributed by atoms with Crippen molar-refractivity contribution in [2.24, 2.45) is 0 Å². The average molecular weight is 482 g/mol. The van der Waals surface area contributed by atoms with Gasteiger partial charge in [-0.05, 0) is 57.2 Å². The molecule has 1 heterocycles. The van der Waals surface area contributed by atoms with Crippen LogP contribution < -0.4 is 10.6 Å². The molecule has 2 aromatic carbocycles. The number of esters is 1. The number of hydrogen-bond acceptors (Lipinski definition) is 7. The topological polar surface area (TPSA) is 115 Å². The lowest BCUT2D eigenvalue weighted by atomic mass is 10.1. The van der Waals surface area contributed by atoms with E-state index in [4.69, 9.17) is 0 Å². The number of carbonyl (C=O) groups excluding carboxylic acids is 3. The van der Waals surface area contributed by atoms with Crippen molar-refractivity contribution in [2.45, 2.75) is 38.5 Å². The predicted molar refractivity (Wildman–Crippen MR) is 130 cm³/mol. The van der Waals surface area contributed by atoms with Gasteiger partial charge in [-0.2, -0.15) is 0 Å². The minimum atomic E-state index is -0.438. The zero-order valence-electron chi connectivity index (χ0n) is 19.5. The third-order valence-electron chi connectivity index (χ3n) is 5.03. The van der Waals surface area contributed by atoms with Crippen LogP contribution in [0.1, 0.15) is 52.0 Å². The molecule has 0 bridgehead atoms. The van der Waals surface area contributed by atoms with Crippen LogP contribution in [-0.2, 0) is 16.1 Å². The Morgan fingerprint density at radius 3 is 2.29 bits per heavy atom. The van der Waals surface area contributed by atoms with Crippen LogP contribution in [0.5, 0.6) is 0 Å². The summed E-state index contributed by atoms with van der Waals surface area (Å²) >= 11 is 1.26. The fraction of sp³-hybridized carbons (Fsp3) is 0.292. The smallest absolute Gasteiger partial charge is 0.337 e. The number of carbonyl (C=O) groups is 3. The normalized spacial score (nSPS) is 11.5. The van der Waals surface area contributed by atoms with Gasteiger partial charge in [-0.25, -0.2) is 4.79 Å². The lowest BCUT2D eigenvalue weighted by Crippen LogP contribution is -2.28. The summed E-state index contributed by atoms with van der Waals surface area (Å²) in [6, 6.07) is 13.4. The Kier molecular flexibility index (Phi) is 8.42. The number of anilines is 1. The van der Waals surface area contributed by atoms with E-state index in [-0.39, 0.29) is 23.6 Å². The fourth-order valence-electron chi connectivity index (χ4n) is 3.21. The maximum Gasteiger partial charge on any atom is 0.337 e. The van der Waals surface area contributed by atoms with Crippen molar-refractivity contribution in [3.63, 3.8) is 0 Å². The number of amides is 2. The molecule has 1 aromatic heterocycles. The van der Waals surface area contributed by atoms with E-state index >= 15 is 0 Å². The molecule has 0 radical (unpaired) electrons. The Hall–Kier alpha value is -3.66. The second-order valence-corrected chi connectivity index (χ2v) is 8.49. The van der Waals surface area contributed by atoms with E-state index in [1.165, 1.54) is 18.9 Å². The first kappa shape index (κ1) is 25.0. The monoisotopic (exact) mass is 481 g/mol. The molecular weight excluding hydrogens is 454 g/mol. The summed E-state index contributed by atoms with van der Waals surface area (Å²) < 4.78 is 6.54. The molecule has 3 rings (SSSR count). The number of aryl methyl sites for hydroxylation is 1. The largest absolute Gasteiger partial charge is 0.465 e. The Morgan fingerprint density at radius 1 is 1.03 bits per heavy atom. The molecule has 0 aliphatic rings. The quantitative estimate of drug-likeness (QED) is 0.354. The van der Waals surface area contributed by atoms with E-state index in [2.05, 4.69) is 25.6 Å². The number of thioether (sulfide) groups is 1. The molecule has 10 heteroatoms. The second-order valence-electron chi connectivity index (χ2n) is 7.55. The number of hydrogen-bond donors (Lipinski definition) is 2. The lowest BCUT2D eigenvalue weighted by Gasteiger charge is -2.15. The van der Waals surface area contributed by atoms with E-state index in [1.807, 2.05) is 37.5 Å². The summed E-state index contributed by atoms with van der Waals surface area (Å²) in [6.45, 7) is 6.36. The number of aromatic nitrogens is 3. The summed E-state index contributed by atoms with van der Waals surface area (Å²) in [6.07, 6.45) is 0. The molecule has 0 fully saturated rings. The first-order valence-corrected chi connectivity index (χ1v) is 11.7. The average Bonchev–Trinajstić information content (AvgIpc) is 3.26. The highest BCUT2D eigenvalue weighted by Gasteiger charge is 2.20. The van der Waals surface area contributed by atoms with Crippen LogP contribution in [0.2, 0.25) is 0 Å². The van der Waals surface area contributed by atoms with E-state index in [9.17, 15) is 14.4 Å². The molecule has 9 nitrogen and oxygen atoms in total. The second kappa shape index (κ2) is 11.5. The standard InChI is InChI=1S/C24H27N5O4S/c1-5-29-21(16(3)25-22(31)17-8-6-15(2)7-9-17)27-28-24(29)34-14-20(30)26-19-12-10-18(11-13-19)23(32)33-4/h6-13,16H,5,14H2,1-4H3,(H,25,31)(H,26,30)/t16-/m1/s1. The Morgan fingerprint density at radius 2 is 1.68 bits per heavy atom. The van der Waals surface area contributed by atoms with Crippen molar-refractivity contribution in [3.05, 3.63) is 71.0 Å². The van der Waals surface area contributed by atoms with E-state index < -0.39 is 5.97 Å². The molecule has 0 saturated heterocycles. The van der Waals surface area contributed by atoms with Gasteiger partial charge >= 0.3 is 5.97 Å². The molecule has 0 aliphatic carbocycles. The summed E-state index contributed by atoms with van der Waals surface area (Å²) in [4.78, 5) is 36.5. The molecule has 2 amide bonds. The van der Waals surface area contributed by atoms with Crippen LogP contribution >= 0.6 is 11.8 Å². The minimum absolute atomic E-state index is 0.126. The van der Waals surface area contributed by atoms with E-state index in [1.54, 1.807) is 36.4 Å². The highest BCUT2D eigenvalue weighted by atomic mass is 32.2. The summed E-state index contributed by atoms with van der Waals surface area (Å²) in [7, 11) is 1.31. The zero-order chi connectivity index (χ0) is 24.7. The Balaban J connectivity index is 1.59. The summed E-state index contributed by atoms with van der Waals surface area (Å²) in [5, 5.41) is 14.8. The van der Waals surface area contributed by atoms with Crippen molar-refractivity contribution in [2.75, 3.05) is 18.2 Å². The van der Waals surface area contributed by atoms with Crippen LogP contribution in [0.4, 0.5) is 5.69 Å². The molecule has 3 aromatic rings. The van der Waals surface area contributed by atoms with Gasteiger partial charge in [0.15, 0.2) is 11.0 Å². The molecule has 0 saturated carbocycles. The predicted octanol–water partition coefficient (Wildman–Crippen LogP) is 3.61. The molecule has 0 unspecified atom stereocenters. The number of methoxy groups -OCH3 is 1. The summed E-state index contributed by atoms with van der Waals surface area (Å²) in [5.74, 6) is -0.105. The van der Waals surface area contributed by atoms with Crippen LogP contribution in [0.25, 0.3) is 0 Å². The molecule has 34 heavy (non-hydrogen) atoms. The van der Waals surface area contributed by atoms with Crippen LogP contribution in [0.3, 0.4) is 0 Å². The number of ether oxygens (including phenoxy) is 1. The van der Waals surface area contributed by atoms with Crippen LogP contribution in [0.15, 0.2) is 53.7 Å². The first-order chi connectivity index (χ1) is 16.3. The van der Waals surface area contributed by atoms with Gasteiger partial charge in [-0.3, -0.25) is 9.59 Å². The number of nitrogens with one attached hydrogen (secondary N) is 2. The molecule has 178 valence electrons. The zero-order valence-corrected chi connectivity index (χ0v) is 20.3. The lowest BCUT2D eigenvalue weighted by molar-refractivity contribution is -0.113. The highest BCUT2D eigenvalue weighted by Crippen LogP contribution is 2.21. The van der Waals surface area contributed by atoms with E-state index in [0.29, 0.717) is 34.3 Å². The molecule has 0 spiro atoms. The van der Waals surface area contributed by atoms with Gasteiger partial charge in [0.25, 0.3) is 5.91 Å². The van der Waals surface area contributed by atoms with Crippen LogP contribution in [-0.4, -0.2) is 45.4 Å². The van der Waals surface area contributed by atoms with Crippen molar-refractivity contribution in [1.29, 1.82) is 0 Å². The number of benzene rings is 2. The Bertz CT molecular complexity index is 1160. The molecule has 0 aliphatic heterocycles. The number of nitrogens with zero attached hydrogens (tertiary/aromatic N) is 3. The van der Waals surface area contributed by atoms with Gasteiger partial charge in [-0.1, -0.05) is 29.5 Å². The first-order valence-electron chi connectivity index (χ1n) is 10.7. The maximum atomic E-state index is 12.6. The van der Waals surface area contributed by atoms with Crippen LogP contribution in [0, 0.1) is 6.92 Å². The fourth-order valence-corrected chi connectivity index (χ4v) is 4.02. The molecular formula is C24H27N5O4S. The molecule has 2 N–H and O–H groups in total. The SMILES string of the molecule is CCn1c(SCC(=O)Nc2ccc(C(=O)OC)cc2)nnc1[C@@H](C)NC(=O)c1ccc(C)cc1. The Labute approximate surface area is 202 Å². The minimum Gasteiger partial charge on any atom is -0.465 e. The van der Waals surface area contributed by atoms with Crippen molar-refractivity contribution >= 4 is 35.2 Å². The van der Waals surface area contributed by atoms with Gasteiger partial charge in [0, 0.05) is 17.8 Å². The van der Waals surface area contributed by atoms with Gasteiger partial charge in [0.1, 0.15) is 0 Å². The number of rotatable bonds is 9. The molecule has 1 atom stereocenters. The van der Waals surface area contributed by atoms with Gasteiger partial charge in [0.05, 0.1) is 24.5 Å². The van der Waals surface area contributed by atoms with Crippen molar-refractivity contribution in [1.82, 2.24) is 20.1 Å². The third kappa shape index (κ3) is 6.22. The van der Waals surface area contributed by atoms with E-state index in [0.717, 1.165) is 5.56 Å². The van der Waals surface area contributed by atoms with Gasteiger partial charge in [-0.15, -0.1) is 10.2 Å². The maximum absolute atomic E-state index is 12.6. The van der Waals surface area contributed by atoms with Gasteiger partial charge in [0.2, 0.25) is 5.91 Å².